The minimum absolute atomic E-state index is 0. The van der Waals surface area contributed by atoms with E-state index in [0.29, 0.717) is 11.3 Å². The molecule has 0 unspecified atom stereocenters. The lowest BCUT2D eigenvalue weighted by atomic mass is 9.95. The Morgan fingerprint density at radius 2 is 2.14 bits per heavy atom. The molecule has 0 radical (unpaired) electrons. The number of aryl methyl sites for hydroxylation is 1. The fraction of sp³-hybridized carbons (Fsp3) is 0.360. The second-order valence-electron chi connectivity index (χ2n) is 8.86. The Kier molecular flexibility index (Phi) is 7.73. The maximum atomic E-state index is 15.2. The zero-order valence-corrected chi connectivity index (χ0v) is 20.7. The Labute approximate surface area is 214 Å². The summed E-state index contributed by atoms with van der Waals surface area (Å²) in [6, 6.07) is 10.9. The number of rotatable bonds is 7. The third-order valence-corrected chi connectivity index (χ3v) is 6.43. The molecule has 1 saturated heterocycles. The van der Waals surface area contributed by atoms with E-state index in [4.69, 9.17) is 4.74 Å². The van der Waals surface area contributed by atoms with Gasteiger partial charge in [-0.25, -0.2) is 9.18 Å². The molecular weight excluding hydrogens is 487 g/mol. The molecule has 190 valence electrons. The van der Waals surface area contributed by atoms with Crippen LogP contribution in [0.3, 0.4) is 0 Å². The van der Waals surface area contributed by atoms with Crippen LogP contribution >= 0.6 is 12.4 Å². The first kappa shape index (κ1) is 25.4. The van der Waals surface area contributed by atoms with Crippen LogP contribution in [-0.2, 0) is 22.4 Å². The summed E-state index contributed by atoms with van der Waals surface area (Å²) in [6.45, 7) is 3.70. The van der Waals surface area contributed by atoms with Gasteiger partial charge in [-0.3, -0.25) is 9.69 Å². The molecule has 2 aromatic carbocycles. The van der Waals surface area contributed by atoms with Crippen LogP contribution in [0.4, 0.5) is 20.6 Å². The second kappa shape index (κ2) is 10.9. The predicted molar refractivity (Wildman–Crippen MR) is 136 cm³/mol. The number of hydrogen-bond donors (Lipinski definition) is 2. The summed E-state index contributed by atoms with van der Waals surface area (Å²) < 4.78 is 20.5. The summed E-state index contributed by atoms with van der Waals surface area (Å²) in [5.74, 6) is -0.600. The quantitative estimate of drug-likeness (QED) is 0.500. The van der Waals surface area contributed by atoms with Crippen LogP contribution in [0.15, 0.2) is 42.6 Å². The average molecular weight is 515 g/mol. The first-order valence-electron chi connectivity index (χ1n) is 11.7. The van der Waals surface area contributed by atoms with Gasteiger partial charge in [0.25, 0.3) is 0 Å². The molecule has 3 heterocycles. The summed E-state index contributed by atoms with van der Waals surface area (Å²) >= 11 is 0. The number of benzene rings is 2. The summed E-state index contributed by atoms with van der Waals surface area (Å²) in [7, 11) is 0. The van der Waals surface area contributed by atoms with Gasteiger partial charge >= 0.3 is 6.09 Å². The molecule has 2 aliphatic heterocycles. The normalized spacial score (nSPS) is 16.8. The number of nitrogens with zero attached hydrogens (tertiary/aromatic N) is 4. The molecule has 0 bridgehead atoms. The first-order chi connectivity index (χ1) is 17.0. The van der Waals surface area contributed by atoms with E-state index in [9.17, 15) is 9.59 Å². The molecule has 2 N–H and O–H groups in total. The fourth-order valence-electron chi connectivity index (χ4n) is 4.67. The molecule has 0 saturated carbocycles. The van der Waals surface area contributed by atoms with Crippen LogP contribution in [0.2, 0.25) is 0 Å². The van der Waals surface area contributed by atoms with Crippen molar-refractivity contribution in [2.24, 2.45) is 0 Å². The van der Waals surface area contributed by atoms with Gasteiger partial charge in [-0.15, -0.1) is 12.4 Å². The Hall–Kier alpha value is -3.66. The number of hydrogen-bond acceptors (Lipinski definition) is 6. The molecule has 36 heavy (non-hydrogen) atoms. The van der Waals surface area contributed by atoms with E-state index in [0.717, 1.165) is 43.6 Å². The summed E-state index contributed by atoms with van der Waals surface area (Å²) in [4.78, 5) is 27.1. The molecule has 2 aliphatic rings. The van der Waals surface area contributed by atoms with Gasteiger partial charge < -0.3 is 15.0 Å². The van der Waals surface area contributed by atoms with Crippen molar-refractivity contribution in [1.82, 2.24) is 20.7 Å². The Morgan fingerprint density at radius 1 is 1.28 bits per heavy atom. The molecular formula is C25H28ClFN6O3. The Bertz CT molecular complexity index is 1240. The smallest absolute Gasteiger partial charge is 0.414 e. The van der Waals surface area contributed by atoms with Crippen LogP contribution in [0.25, 0.3) is 11.1 Å². The van der Waals surface area contributed by atoms with Gasteiger partial charge in [0.15, 0.2) is 0 Å². The number of carbonyl (C=O) groups is 2. The molecule has 0 aliphatic carbocycles. The van der Waals surface area contributed by atoms with Gasteiger partial charge in [0.2, 0.25) is 5.91 Å². The maximum Gasteiger partial charge on any atom is 0.414 e. The van der Waals surface area contributed by atoms with Crippen LogP contribution in [0, 0.1) is 5.82 Å². The maximum absolute atomic E-state index is 15.2. The van der Waals surface area contributed by atoms with Gasteiger partial charge in [-0.2, -0.15) is 15.4 Å². The van der Waals surface area contributed by atoms with Crippen molar-refractivity contribution >= 4 is 35.8 Å². The van der Waals surface area contributed by atoms with E-state index in [2.05, 4.69) is 37.8 Å². The third-order valence-electron chi connectivity index (χ3n) is 6.43. The highest BCUT2D eigenvalue weighted by Gasteiger charge is 2.32. The number of ether oxygens (including phenoxy) is 1. The van der Waals surface area contributed by atoms with Gasteiger partial charge in [-0.05, 0) is 54.3 Å². The van der Waals surface area contributed by atoms with Crippen molar-refractivity contribution in [1.29, 1.82) is 0 Å². The lowest BCUT2D eigenvalue weighted by molar-refractivity contribution is -0.119. The topological polar surface area (TPSA) is 103 Å². The van der Waals surface area contributed by atoms with Crippen molar-refractivity contribution in [2.45, 2.75) is 32.3 Å². The number of fused-ring (bicyclic) bond motifs is 1. The molecule has 1 atom stereocenters. The Balaban J connectivity index is 0.00000304. The zero-order valence-electron chi connectivity index (χ0n) is 19.9. The lowest BCUT2D eigenvalue weighted by Crippen LogP contribution is -2.33. The highest BCUT2D eigenvalue weighted by atomic mass is 35.5. The monoisotopic (exact) mass is 514 g/mol. The zero-order chi connectivity index (χ0) is 24.4. The number of carbonyl (C=O) groups excluding carboxylic acids is 2. The number of halogens is 2. The second-order valence-corrected chi connectivity index (χ2v) is 8.86. The van der Waals surface area contributed by atoms with Crippen molar-refractivity contribution in [3.05, 3.63) is 59.7 Å². The minimum Gasteiger partial charge on any atom is -0.442 e. The summed E-state index contributed by atoms with van der Waals surface area (Å²) in [5.41, 5.74) is 5.02. The predicted octanol–water partition coefficient (Wildman–Crippen LogP) is 3.49. The number of aromatic amines is 1. The van der Waals surface area contributed by atoms with Crippen molar-refractivity contribution in [3.8, 4) is 11.1 Å². The molecule has 0 spiro atoms. The van der Waals surface area contributed by atoms with Gasteiger partial charge in [-0.1, -0.05) is 6.07 Å². The Morgan fingerprint density at radius 3 is 2.89 bits per heavy atom. The van der Waals surface area contributed by atoms with Gasteiger partial charge in [0, 0.05) is 37.7 Å². The largest absolute Gasteiger partial charge is 0.442 e. The number of nitrogens with one attached hydrogen (secondary N) is 2. The van der Waals surface area contributed by atoms with Crippen molar-refractivity contribution < 1.29 is 18.7 Å². The van der Waals surface area contributed by atoms with E-state index < -0.39 is 18.0 Å². The van der Waals surface area contributed by atoms with Crippen molar-refractivity contribution in [2.75, 3.05) is 36.0 Å². The number of aromatic nitrogens is 3. The number of H-pyrrole nitrogens is 1. The number of cyclic esters (lactones) is 1. The van der Waals surface area contributed by atoms with Gasteiger partial charge in [0.05, 0.1) is 30.7 Å². The molecule has 9 nitrogen and oxygen atoms in total. The van der Waals surface area contributed by atoms with E-state index in [1.807, 2.05) is 6.07 Å². The lowest BCUT2D eigenvalue weighted by Gasteiger charge is -2.31. The SMILES string of the molecule is CC(=O)NC[C@H]1CN(c2ccc(-c3ccc4c(c3)CCCN4CCc3cn[nH]n3)c(F)c2)C(=O)O1.Cl. The average Bonchev–Trinajstić information content (AvgIpc) is 3.50. The van der Waals surface area contributed by atoms with E-state index in [-0.39, 0.29) is 31.4 Å². The highest BCUT2D eigenvalue weighted by molar-refractivity contribution is 5.90. The van der Waals surface area contributed by atoms with E-state index in [1.165, 1.54) is 29.1 Å². The van der Waals surface area contributed by atoms with Crippen LogP contribution in [-0.4, -0.2) is 59.7 Å². The van der Waals surface area contributed by atoms with Crippen LogP contribution in [0.1, 0.15) is 24.6 Å². The first-order valence-corrected chi connectivity index (χ1v) is 11.7. The van der Waals surface area contributed by atoms with Crippen molar-refractivity contribution in [3.63, 3.8) is 0 Å². The van der Waals surface area contributed by atoms with Gasteiger partial charge in [0.1, 0.15) is 11.9 Å². The third kappa shape index (κ3) is 5.43. The van der Waals surface area contributed by atoms with E-state index >= 15 is 4.39 Å². The van der Waals surface area contributed by atoms with Crippen LogP contribution in [0.5, 0.6) is 0 Å². The molecule has 2 amide bonds. The molecule has 1 fully saturated rings. The number of amides is 2. The number of anilines is 2. The summed E-state index contributed by atoms with van der Waals surface area (Å²) in [5, 5.41) is 13.3. The van der Waals surface area contributed by atoms with E-state index in [1.54, 1.807) is 18.3 Å². The standard InChI is InChI=1S/C25H27FN6O3.ClH/c1-16(33)27-14-21-15-32(25(34)35-21)20-5-6-22(23(26)12-20)17-4-7-24-18(11-17)3-2-9-31(24)10-8-19-13-28-30-29-19;/h4-7,11-13,21H,2-3,8-10,14-15H2,1H3,(H,27,33)(H,28,29,30);1H/t21-;/m0./s1. The fourth-order valence-corrected chi connectivity index (χ4v) is 4.67. The van der Waals surface area contributed by atoms with Crippen LogP contribution < -0.4 is 15.1 Å². The molecule has 5 rings (SSSR count). The highest BCUT2D eigenvalue weighted by Crippen LogP contribution is 2.34. The molecule has 3 aromatic rings. The molecule has 1 aromatic heterocycles. The summed E-state index contributed by atoms with van der Waals surface area (Å²) in [6.07, 6.45) is 3.50. The minimum atomic E-state index is -0.549. The molecule has 11 heteroatoms.